The van der Waals surface area contributed by atoms with Crippen LogP contribution in [0.25, 0.3) is 27.7 Å². The highest BCUT2D eigenvalue weighted by Gasteiger charge is 2.14. The largest absolute Gasteiger partial charge is 0.353 e. The number of aromatic amines is 1. The van der Waals surface area contributed by atoms with Crippen molar-refractivity contribution in [2.45, 2.75) is 26.3 Å². The normalized spacial score (nSPS) is 14.2. The van der Waals surface area contributed by atoms with Gasteiger partial charge in [0.2, 0.25) is 0 Å². The molecule has 1 aromatic carbocycles. The summed E-state index contributed by atoms with van der Waals surface area (Å²) in [6.07, 6.45) is 8.30. The van der Waals surface area contributed by atoms with Gasteiger partial charge in [-0.1, -0.05) is 12.6 Å². The molecule has 31 heavy (non-hydrogen) atoms. The second-order valence-corrected chi connectivity index (χ2v) is 8.19. The van der Waals surface area contributed by atoms with Crippen molar-refractivity contribution in [2.24, 2.45) is 0 Å². The molecule has 156 valence electrons. The monoisotopic (exact) mass is 410 g/mol. The minimum Gasteiger partial charge on any atom is -0.353 e. The lowest BCUT2D eigenvalue weighted by Crippen LogP contribution is -2.18. The SMILES string of the molecule is C=C(Nc1ccc(C)nc1)c1n[nH]c2ccc(-c3cncc(CN4CCCC4)c3)cc12. The molecule has 4 heterocycles. The van der Waals surface area contributed by atoms with E-state index in [2.05, 4.69) is 61.2 Å². The first-order valence-electron chi connectivity index (χ1n) is 10.7. The molecule has 1 aliphatic heterocycles. The smallest absolute Gasteiger partial charge is 0.116 e. The van der Waals surface area contributed by atoms with Crippen molar-refractivity contribution in [2.75, 3.05) is 18.4 Å². The van der Waals surface area contributed by atoms with Gasteiger partial charge >= 0.3 is 0 Å². The van der Waals surface area contributed by atoms with Gasteiger partial charge in [0, 0.05) is 35.6 Å². The van der Waals surface area contributed by atoms with Gasteiger partial charge in [0.15, 0.2) is 0 Å². The van der Waals surface area contributed by atoms with Gasteiger partial charge in [0.1, 0.15) is 5.69 Å². The Morgan fingerprint density at radius 2 is 1.94 bits per heavy atom. The number of H-pyrrole nitrogens is 1. The molecule has 0 amide bonds. The van der Waals surface area contributed by atoms with Crippen LogP contribution >= 0.6 is 0 Å². The van der Waals surface area contributed by atoms with Crippen LogP contribution in [0.2, 0.25) is 0 Å². The molecule has 1 aliphatic rings. The van der Waals surface area contributed by atoms with Gasteiger partial charge in [-0.2, -0.15) is 5.10 Å². The Kier molecular flexibility index (Phi) is 5.22. The molecule has 6 heteroatoms. The highest BCUT2D eigenvalue weighted by Crippen LogP contribution is 2.29. The molecule has 0 spiro atoms. The van der Waals surface area contributed by atoms with Crippen LogP contribution in [0.5, 0.6) is 0 Å². The Balaban J connectivity index is 1.42. The van der Waals surface area contributed by atoms with Crippen molar-refractivity contribution >= 4 is 22.3 Å². The summed E-state index contributed by atoms with van der Waals surface area (Å²) in [5, 5.41) is 12.0. The van der Waals surface area contributed by atoms with Gasteiger partial charge in [-0.3, -0.25) is 20.0 Å². The molecule has 0 aliphatic carbocycles. The number of nitrogens with one attached hydrogen (secondary N) is 2. The van der Waals surface area contributed by atoms with Crippen LogP contribution in [0, 0.1) is 6.92 Å². The summed E-state index contributed by atoms with van der Waals surface area (Å²) >= 11 is 0. The minimum absolute atomic E-state index is 0.731. The van der Waals surface area contributed by atoms with Gasteiger partial charge in [-0.25, -0.2) is 0 Å². The number of pyridine rings is 2. The van der Waals surface area contributed by atoms with E-state index >= 15 is 0 Å². The van der Waals surface area contributed by atoms with E-state index in [0.29, 0.717) is 0 Å². The lowest BCUT2D eigenvalue weighted by atomic mass is 10.0. The fraction of sp³-hybridized carbons (Fsp3) is 0.240. The molecular formula is C25H26N6. The number of aromatic nitrogens is 4. The molecule has 3 aromatic heterocycles. The third kappa shape index (κ3) is 4.20. The molecule has 5 rings (SSSR count). The summed E-state index contributed by atoms with van der Waals surface area (Å²) < 4.78 is 0. The quantitative estimate of drug-likeness (QED) is 0.468. The van der Waals surface area contributed by atoms with Crippen LogP contribution in [-0.4, -0.2) is 38.2 Å². The number of fused-ring (bicyclic) bond motifs is 1. The Morgan fingerprint density at radius 1 is 1.06 bits per heavy atom. The third-order valence-corrected chi connectivity index (χ3v) is 5.79. The lowest BCUT2D eigenvalue weighted by molar-refractivity contribution is 0.331. The average molecular weight is 411 g/mol. The number of rotatable bonds is 6. The average Bonchev–Trinajstić information content (AvgIpc) is 3.45. The number of anilines is 1. The molecular weight excluding hydrogens is 384 g/mol. The van der Waals surface area contributed by atoms with Crippen molar-refractivity contribution in [3.05, 3.63) is 78.5 Å². The topological polar surface area (TPSA) is 69.7 Å². The van der Waals surface area contributed by atoms with Crippen LogP contribution in [0.3, 0.4) is 0 Å². The number of hydrogen-bond donors (Lipinski definition) is 2. The molecule has 1 saturated heterocycles. The van der Waals surface area contributed by atoms with E-state index in [9.17, 15) is 0 Å². The second-order valence-electron chi connectivity index (χ2n) is 8.19. The Hall–Kier alpha value is -3.51. The maximum absolute atomic E-state index is 4.50. The van der Waals surface area contributed by atoms with Crippen molar-refractivity contribution in [3.63, 3.8) is 0 Å². The molecule has 0 unspecified atom stereocenters. The Morgan fingerprint density at radius 3 is 2.74 bits per heavy atom. The maximum Gasteiger partial charge on any atom is 0.116 e. The number of aryl methyl sites for hydroxylation is 1. The molecule has 0 radical (unpaired) electrons. The molecule has 1 fully saturated rings. The summed E-state index contributed by atoms with van der Waals surface area (Å²) in [5.74, 6) is 0. The lowest BCUT2D eigenvalue weighted by Gasteiger charge is -2.14. The Labute approximate surface area is 182 Å². The zero-order valence-corrected chi connectivity index (χ0v) is 17.7. The molecule has 6 nitrogen and oxygen atoms in total. The standard InChI is InChI=1S/C25H26N6/c1-17-5-7-22(15-27-17)28-18(2)25-23-12-20(6-8-24(23)29-30-25)21-11-19(13-26-14-21)16-31-9-3-4-10-31/h5-8,11-15,28H,2-4,9-10,16H2,1H3,(H,29,30). The zero-order valence-electron chi connectivity index (χ0n) is 17.7. The first kappa shape index (κ1) is 19.5. The summed E-state index contributed by atoms with van der Waals surface area (Å²) in [5.41, 5.74) is 7.87. The van der Waals surface area contributed by atoms with Crippen LogP contribution in [0.1, 0.15) is 29.8 Å². The van der Waals surface area contributed by atoms with Crippen molar-refractivity contribution in [1.29, 1.82) is 0 Å². The highest BCUT2D eigenvalue weighted by molar-refractivity contribution is 5.95. The summed E-state index contributed by atoms with van der Waals surface area (Å²) in [6, 6.07) is 12.5. The van der Waals surface area contributed by atoms with E-state index in [0.717, 1.165) is 51.3 Å². The maximum atomic E-state index is 4.50. The predicted molar refractivity (Wildman–Crippen MR) is 125 cm³/mol. The van der Waals surface area contributed by atoms with Crippen molar-refractivity contribution in [1.82, 2.24) is 25.1 Å². The number of nitrogens with zero attached hydrogens (tertiary/aromatic N) is 4. The first-order chi connectivity index (χ1) is 15.2. The number of benzene rings is 1. The minimum atomic E-state index is 0.731. The summed E-state index contributed by atoms with van der Waals surface area (Å²) in [6.45, 7) is 9.49. The van der Waals surface area contributed by atoms with Gasteiger partial charge in [-0.05, 0) is 74.3 Å². The molecule has 2 N–H and O–H groups in total. The van der Waals surface area contributed by atoms with E-state index in [1.807, 2.05) is 31.5 Å². The van der Waals surface area contributed by atoms with Crippen LogP contribution in [0.15, 0.2) is 61.6 Å². The van der Waals surface area contributed by atoms with E-state index in [4.69, 9.17) is 0 Å². The van der Waals surface area contributed by atoms with Crippen molar-refractivity contribution in [3.8, 4) is 11.1 Å². The second kappa shape index (κ2) is 8.32. The summed E-state index contributed by atoms with van der Waals surface area (Å²) in [4.78, 5) is 11.3. The van der Waals surface area contributed by atoms with Crippen LogP contribution in [-0.2, 0) is 6.54 Å². The van der Waals surface area contributed by atoms with Gasteiger partial charge in [0.25, 0.3) is 0 Å². The number of likely N-dealkylation sites (tertiary alicyclic amines) is 1. The molecule has 0 saturated carbocycles. The third-order valence-electron chi connectivity index (χ3n) is 5.79. The molecule has 0 atom stereocenters. The van der Waals surface area contributed by atoms with E-state index in [1.165, 1.54) is 31.5 Å². The van der Waals surface area contributed by atoms with E-state index < -0.39 is 0 Å². The van der Waals surface area contributed by atoms with Crippen molar-refractivity contribution < 1.29 is 0 Å². The van der Waals surface area contributed by atoms with Gasteiger partial charge < -0.3 is 5.32 Å². The van der Waals surface area contributed by atoms with E-state index in [1.54, 1.807) is 6.20 Å². The zero-order chi connectivity index (χ0) is 21.2. The first-order valence-corrected chi connectivity index (χ1v) is 10.7. The fourth-order valence-corrected chi connectivity index (χ4v) is 4.13. The van der Waals surface area contributed by atoms with Crippen LogP contribution in [0.4, 0.5) is 5.69 Å². The highest BCUT2D eigenvalue weighted by atomic mass is 15.1. The molecule has 4 aromatic rings. The van der Waals surface area contributed by atoms with Gasteiger partial charge in [-0.15, -0.1) is 0 Å². The van der Waals surface area contributed by atoms with E-state index in [-0.39, 0.29) is 0 Å². The fourth-order valence-electron chi connectivity index (χ4n) is 4.13. The number of hydrogen-bond acceptors (Lipinski definition) is 5. The predicted octanol–water partition coefficient (Wildman–Crippen LogP) is 5.01. The van der Waals surface area contributed by atoms with Gasteiger partial charge in [0.05, 0.1) is 23.1 Å². The van der Waals surface area contributed by atoms with Crippen LogP contribution < -0.4 is 5.32 Å². The summed E-state index contributed by atoms with van der Waals surface area (Å²) in [7, 11) is 0. The molecule has 0 bridgehead atoms. The Bertz CT molecular complexity index is 1220.